The summed E-state index contributed by atoms with van der Waals surface area (Å²) in [5.41, 5.74) is 0.905. The zero-order valence-electron chi connectivity index (χ0n) is 29.7. The van der Waals surface area contributed by atoms with Crippen LogP contribution in [0.2, 0.25) is 0 Å². The van der Waals surface area contributed by atoms with Crippen LogP contribution in [0.1, 0.15) is 39.9 Å². The number of amides is 5. The van der Waals surface area contributed by atoms with Crippen molar-refractivity contribution in [1.82, 2.24) is 26.6 Å². The van der Waals surface area contributed by atoms with Crippen LogP contribution in [0.3, 0.4) is 0 Å². The summed E-state index contributed by atoms with van der Waals surface area (Å²) in [6.45, 7) is -0.235. The van der Waals surface area contributed by atoms with E-state index in [9.17, 15) is 60.6 Å². The predicted octanol–water partition coefficient (Wildman–Crippen LogP) is -1.33. The van der Waals surface area contributed by atoms with Gasteiger partial charge in [-0.2, -0.15) is 16.8 Å². The standard InChI is InChI=1S/C34H35N5O17S2/c40-28(41)15-26-33(47)37-24(13-18-4-8-22(9-5-18)55-57(49,50)51)31(45)35-17-20-2-1-3-21(12-20)30(44)36-25(32(46)38-27(16-29(42)43)34(48)39-26)14-19-6-10-23(11-7-19)56-58(52,53)54/h1-12,24-27H,13-17H2,(H,35,45)(H,36,44)(H,37,47)(H,38,46)(H,39,48)(H,40,41)(H,42,43)(H,49,50,51)(H,52,53,54)/t24-,25-,26-,27-/m0/s1. The summed E-state index contributed by atoms with van der Waals surface area (Å²) in [5, 5.41) is 30.9. The summed E-state index contributed by atoms with van der Waals surface area (Å²) in [7, 11) is -9.73. The zero-order chi connectivity index (χ0) is 42.8. The van der Waals surface area contributed by atoms with E-state index in [1.54, 1.807) is 0 Å². The van der Waals surface area contributed by atoms with Gasteiger partial charge in [0.05, 0.1) is 12.8 Å². The molecule has 58 heavy (non-hydrogen) atoms. The van der Waals surface area contributed by atoms with Crippen LogP contribution in [0.4, 0.5) is 0 Å². The summed E-state index contributed by atoms with van der Waals surface area (Å²) in [6, 6.07) is 8.42. The van der Waals surface area contributed by atoms with Crippen molar-refractivity contribution >= 4 is 62.3 Å². The van der Waals surface area contributed by atoms with Crippen molar-refractivity contribution < 1.29 is 78.1 Å². The Labute approximate surface area is 329 Å². The lowest BCUT2D eigenvalue weighted by Gasteiger charge is -2.26. The van der Waals surface area contributed by atoms with E-state index in [0.29, 0.717) is 11.1 Å². The number of fused-ring (bicyclic) bond motifs is 2. The molecule has 4 atom stereocenters. The lowest BCUT2D eigenvalue weighted by Crippen LogP contribution is -2.59. The number of carboxylic acids is 2. The van der Waals surface area contributed by atoms with E-state index in [2.05, 4.69) is 35.0 Å². The van der Waals surface area contributed by atoms with Crippen LogP contribution in [-0.2, 0) is 69.0 Å². The Kier molecular flexibility index (Phi) is 14.4. The van der Waals surface area contributed by atoms with Gasteiger partial charge in [0.25, 0.3) is 5.91 Å². The van der Waals surface area contributed by atoms with Crippen molar-refractivity contribution in [3.05, 3.63) is 95.1 Å². The van der Waals surface area contributed by atoms with Gasteiger partial charge in [-0.15, -0.1) is 0 Å². The van der Waals surface area contributed by atoms with E-state index in [0.717, 1.165) is 24.3 Å². The summed E-state index contributed by atoms with van der Waals surface area (Å²) in [4.78, 5) is 91.6. The van der Waals surface area contributed by atoms with Gasteiger partial charge < -0.3 is 45.2 Å². The highest BCUT2D eigenvalue weighted by Gasteiger charge is 2.34. The van der Waals surface area contributed by atoms with E-state index < -0.39 is 99.3 Å². The molecule has 0 aliphatic carbocycles. The average molecular weight is 850 g/mol. The van der Waals surface area contributed by atoms with Crippen molar-refractivity contribution in [2.75, 3.05) is 0 Å². The fraction of sp³-hybridized carbons (Fsp3) is 0.265. The molecule has 5 amide bonds. The molecule has 22 nitrogen and oxygen atoms in total. The lowest BCUT2D eigenvalue weighted by atomic mass is 10.0. The monoisotopic (exact) mass is 849 g/mol. The topological polar surface area (TPSA) is 347 Å². The van der Waals surface area contributed by atoms with Crippen LogP contribution in [0.25, 0.3) is 0 Å². The van der Waals surface area contributed by atoms with Gasteiger partial charge in [0, 0.05) is 24.9 Å². The Bertz CT molecular complexity index is 2290. The van der Waals surface area contributed by atoms with E-state index in [4.69, 9.17) is 9.11 Å². The summed E-state index contributed by atoms with van der Waals surface area (Å²) in [5.74, 6) is -9.15. The average Bonchev–Trinajstić information content (AvgIpc) is 3.12. The smallest absolute Gasteiger partial charge is 0.446 e. The third-order valence-electron chi connectivity index (χ3n) is 8.06. The molecule has 3 aromatic rings. The molecule has 0 radical (unpaired) electrons. The van der Waals surface area contributed by atoms with Crippen LogP contribution in [-0.4, -0.2) is 102 Å². The number of rotatable bonds is 12. The molecular formula is C34H35N5O17S2. The molecule has 0 fully saturated rings. The first kappa shape index (κ1) is 44.1. The Morgan fingerprint density at radius 1 is 0.586 bits per heavy atom. The minimum Gasteiger partial charge on any atom is -0.481 e. The fourth-order valence-corrected chi connectivity index (χ4v) is 6.17. The zero-order valence-corrected chi connectivity index (χ0v) is 31.3. The highest BCUT2D eigenvalue weighted by atomic mass is 32.3. The highest BCUT2D eigenvalue weighted by Crippen LogP contribution is 2.18. The van der Waals surface area contributed by atoms with Gasteiger partial charge in [-0.25, -0.2) is 0 Å². The van der Waals surface area contributed by atoms with Crippen molar-refractivity contribution in [2.24, 2.45) is 0 Å². The Balaban J connectivity index is 1.71. The second-order valence-corrected chi connectivity index (χ2v) is 14.6. The molecule has 1 aliphatic heterocycles. The van der Waals surface area contributed by atoms with Crippen LogP contribution < -0.4 is 35.0 Å². The van der Waals surface area contributed by atoms with Crippen LogP contribution in [0.5, 0.6) is 11.5 Å². The molecule has 9 N–H and O–H groups in total. The molecule has 24 heteroatoms. The van der Waals surface area contributed by atoms with Gasteiger partial charge in [0.15, 0.2) is 0 Å². The van der Waals surface area contributed by atoms with Gasteiger partial charge in [0.2, 0.25) is 23.6 Å². The van der Waals surface area contributed by atoms with Gasteiger partial charge in [-0.05, 0) is 53.1 Å². The minimum atomic E-state index is -4.87. The maximum absolute atomic E-state index is 13.7. The number of aliphatic carboxylic acids is 2. The number of hydrogen-bond donors (Lipinski definition) is 9. The van der Waals surface area contributed by atoms with Gasteiger partial charge >= 0.3 is 32.7 Å². The largest absolute Gasteiger partial charge is 0.481 e. The molecule has 0 unspecified atom stereocenters. The van der Waals surface area contributed by atoms with E-state index in [-0.39, 0.29) is 42.0 Å². The fourth-order valence-electron chi connectivity index (χ4n) is 5.46. The van der Waals surface area contributed by atoms with Gasteiger partial charge in [-0.3, -0.25) is 42.7 Å². The maximum atomic E-state index is 13.7. The maximum Gasteiger partial charge on any atom is 0.446 e. The lowest BCUT2D eigenvalue weighted by molar-refractivity contribution is -0.143. The van der Waals surface area contributed by atoms with Crippen LogP contribution in [0.15, 0.2) is 72.8 Å². The number of hydrogen-bond acceptors (Lipinski definition) is 13. The molecule has 2 bridgehead atoms. The summed E-state index contributed by atoms with van der Waals surface area (Å²) in [6.07, 6.45) is -2.83. The van der Waals surface area contributed by atoms with Crippen molar-refractivity contribution in [3.63, 3.8) is 0 Å². The Hall–Kier alpha value is -6.63. The highest BCUT2D eigenvalue weighted by molar-refractivity contribution is 7.81. The third-order valence-corrected chi connectivity index (χ3v) is 8.87. The molecule has 0 saturated heterocycles. The SMILES string of the molecule is O=C(O)C[C@@H]1NC(=O)[C@H](Cc2ccc(OS(=O)(=O)O)cc2)NC(=O)c2cccc(c2)CNC(=O)[C@H](Cc2ccc(OS(=O)(=O)O)cc2)NC(=O)[C@H](CC(=O)O)NC1=O. The van der Waals surface area contributed by atoms with E-state index in [1.165, 1.54) is 48.5 Å². The van der Waals surface area contributed by atoms with Crippen molar-refractivity contribution in [2.45, 2.75) is 56.4 Å². The Morgan fingerprint density at radius 3 is 1.43 bits per heavy atom. The number of carboxylic acid groups (broad SMARTS) is 2. The number of benzene rings is 3. The molecule has 310 valence electrons. The summed E-state index contributed by atoms with van der Waals surface area (Å²) < 4.78 is 71.0. The molecule has 3 aromatic carbocycles. The third kappa shape index (κ3) is 14.1. The predicted molar refractivity (Wildman–Crippen MR) is 194 cm³/mol. The molecule has 0 aromatic heterocycles. The van der Waals surface area contributed by atoms with E-state index >= 15 is 0 Å². The second-order valence-electron chi connectivity index (χ2n) is 12.5. The molecule has 4 rings (SSSR count). The summed E-state index contributed by atoms with van der Waals surface area (Å²) >= 11 is 0. The molecule has 1 aliphatic rings. The first-order chi connectivity index (χ1) is 27.1. The first-order valence-corrected chi connectivity index (χ1v) is 19.4. The van der Waals surface area contributed by atoms with Crippen LogP contribution >= 0.6 is 0 Å². The van der Waals surface area contributed by atoms with Gasteiger partial charge in [-0.1, -0.05) is 36.4 Å². The van der Waals surface area contributed by atoms with Crippen molar-refractivity contribution in [1.29, 1.82) is 0 Å². The Morgan fingerprint density at radius 2 is 1.00 bits per heavy atom. The van der Waals surface area contributed by atoms with Gasteiger partial charge in [0.1, 0.15) is 35.7 Å². The second kappa shape index (κ2) is 19.0. The number of nitrogens with one attached hydrogen (secondary N) is 5. The van der Waals surface area contributed by atoms with Crippen molar-refractivity contribution in [3.8, 4) is 11.5 Å². The molecule has 1 heterocycles. The van der Waals surface area contributed by atoms with E-state index in [1.807, 2.05) is 0 Å². The number of carbonyl (C=O) groups is 7. The number of carbonyl (C=O) groups excluding carboxylic acids is 5. The molecular weight excluding hydrogens is 815 g/mol. The first-order valence-electron chi connectivity index (χ1n) is 16.7. The van der Waals surface area contributed by atoms with Crippen LogP contribution in [0, 0.1) is 0 Å². The molecule has 0 saturated carbocycles. The molecule has 0 spiro atoms. The normalized spacial score (nSPS) is 19.8. The minimum absolute atomic E-state index is 0.0176. The quantitative estimate of drug-likeness (QED) is 0.0953.